The van der Waals surface area contributed by atoms with Crippen LogP contribution in [-0.2, 0) is 9.59 Å². The quantitative estimate of drug-likeness (QED) is 0.839. The predicted octanol–water partition coefficient (Wildman–Crippen LogP) is 1.52. The van der Waals surface area contributed by atoms with Gasteiger partial charge in [-0.1, -0.05) is 0 Å². The van der Waals surface area contributed by atoms with E-state index in [0.717, 1.165) is 22.3 Å². The van der Waals surface area contributed by atoms with Crippen molar-refractivity contribution in [2.75, 3.05) is 16.8 Å². The van der Waals surface area contributed by atoms with Crippen molar-refractivity contribution in [1.29, 1.82) is 0 Å². The van der Waals surface area contributed by atoms with Gasteiger partial charge in [-0.15, -0.1) is 23.1 Å². The molecule has 0 aliphatic rings. The van der Waals surface area contributed by atoms with Gasteiger partial charge in [-0.3, -0.25) is 9.59 Å². The SMILES string of the molecule is Cc1nc(NC(=O)CSCC(=O)O)sc1C. The number of carboxylic acid groups (broad SMARTS) is 1. The number of rotatable bonds is 5. The summed E-state index contributed by atoms with van der Waals surface area (Å²) in [4.78, 5) is 26.8. The van der Waals surface area contributed by atoms with Crippen molar-refractivity contribution in [3.05, 3.63) is 10.6 Å². The molecular formula is C9H12N2O3S2. The Morgan fingerprint density at radius 2 is 2.12 bits per heavy atom. The predicted molar refractivity (Wildman–Crippen MR) is 65.2 cm³/mol. The second-order valence-electron chi connectivity index (χ2n) is 3.10. The lowest BCUT2D eigenvalue weighted by Gasteiger charge is -1.99. The summed E-state index contributed by atoms with van der Waals surface area (Å²) in [6, 6.07) is 0. The molecular weight excluding hydrogens is 248 g/mol. The van der Waals surface area contributed by atoms with E-state index in [4.69, 9.17) is 5.11 Å². The van der Waals surface area contributed by atoms with Gasteiger partial charge < -0.3 is 10.4 Å². The van der Waals surface area contributed by atoms with Gasteiger partial charge in [-0.25, -0.2) is 4.98 Å². The molecule has 0 spiro atoms. The summed E-state index contributed by atoms with van der Waals surface area (Å²) in [5, 5.41) is 11.6. The van der Waals surface area contributed by atoms with Crippen LogP contribution in [0.2, 0.25) is 0 Å². The van der Waals surface area contributed by atoms with Gasteiger partial charge >= 0.3 is 5.97 Å². The molecule has 16 heavy (non-hydrogen) atoms. The number of anilines is 1. The Bertz CT molecular complexity index is 384. The number of thiazole rings is 1. The van der Waals surface area contributed by atoms with E-state index in [1.807, 2.05) is 13.8 Å². The highest BCUT2D eigenvalue weighted by Crippen LogP contribution is 2.21. The number of carbonyl (C=O) groups excluding carboxylic acids is 1. The first kappa shape index (κ1) is 13.0. The van der Waals surface area contributed by atoms with E-state index in [1.165, 1.54) is 11.3 Å². The molecule has 0 aliphatic carbocycles. The van der Waals surface area contributed by atoms with Gasteiger partial charge in [0.15, 0.2) is 5.13 Å². The molecule has 0 radical (unpaired) electrons. The average molecular weight is 260 g/mol. The molecule has 0 saturated heterocycles. The first-order valence-electron chi connectivity index (χ1n) is 4.52. The van der Waals surface area contributed by atoms with Gasteiger partial charge in [0.05, 0.1) is 17.2 Å². The van der Waals surface area contributed by atoms with E-state index < -0.39 is 5.97 Å². The minimum Gasteiger partial charge on any atom is -0.481 e. The summed E-state index contributed by atoms with van der Waals surface area (Å²) in [5.74, 6) is -1.08. The third-order valence-corrected chi connectivity index (χ3v) is 3.64. The van der Waals surface area contributed by atoms with Crippen LogP contribution in [0.25, 0.3) is 0 Å². The third-order valence-electron chi connectivity index (χ3n) is 1.73. The lowest BCUT2D eigenvalue weighted by Crippen LogP contribution is -2.15. The number of amides is 1. The van der Waals surface area contributed by atoms with Crippen molar-refractivity contribution >= 4 is 40.1 Å². The Hall–Kier alpha value is -1.08. The number of nitrogens with zero attached hydrogens (tertiary/aromatic N) is 1. The Kier molecular flexibility index (Phi) is 4.75. The standard InChI is InChI=1S/C9H12N2O3S2/c1-5-6(2)16-9(10-5)11-7(12)3-15-4-8(13)14/h3-4H2,1-2H3,(H,13,14)(H,10,11,12). The van der Waals surface area contributed by atoms with E-state index in [0.29, 0.717) is 5.13 Å². The molecule has 1 heterocycles. The van der Waals surface area contributed by atoms with Crippen LogP contribution in [0.15, 0.2) is 0 Å². The molecule has 0 bridgehead atoms. The number of aliphatic carboxylic acids is 1. The largest absolute Gasteiger partial charge is 0.481 e. The fraction of sp³-hybridized carbons (Fsp3) is 0.444. The number of aryl methyl sites for hydroxylation is 2. The summed E-state index contributed by atoms with van der Waals surface area (Å²) >= 11 is 2.48. The maximum absolute atomic E-state index is 11.4. The van der Waals surface area contributed by atoms with E-state index in [2.05, 4.69) is 10.3 Å². The Morgan fingerprint density at radius 3 is 2.62 bits per heavy atom. The fourth-order valence-electron chi connectivity index (χ4n) is 0.913. The number of carbonyl (C=O) groups is 2. The number of thioether (sulfide) groups is 1. The average Bonchev–Trinajstić information content (AvgIpc) is 2.44. The first-order valence-corrected chi connectivity index (χ1v) is 6.49. The Balaban J connectivity index is 2.37. The number of hydrogen-bond donors (Lipinski definition) is 2. The van der Waals surface area contributed by atoms with Crippen molar-refractivity contribution in [1.82, 2.24) is 4.98 Å². The molecule has 0 unspecified atom stereocenters. The summed E-state index contributed by atoms with van der Waals surface area (Å²) < 4.78 is 0. The highest BCUT2D eigenvalue weighted by atomic mass is 32.2. The lowest BCUT2D eigenvalue weighted by molar-refractivity contribution is -0.133. The van der Waals surface area contributed by atoms with Crippen molar-refractivity contribution in [2.24, 2.45) is 0 Å². The number of carboxylic acids is 1. The molecule has 0 aliphatic heterocycles. The zero-order valence-electron chi connectivity index (χ0n) is 8.94. The van der Waals surface area contributed by atoms with Gasteiger partial charge in [-0.05, 0) is 13.8 Å². The number of aromatic nitrogens is 1. The molecule has 2 N–H and O–H groups in total. The highest BCUT2D eigenvalue weighted by Gasteiger charge is 2.08. The molecule has 5 nitrogen and oxygen atoms in total. The van der Waals surface area contributed by atoms with Crippen molar-refractivity contribution in [2.45, 2.75) is 13.8 Å². The molecule has 1 aromatic heterocycles. The molecule has 7 heteroatoms. The summed E-state index contributed by atoms with van der Waals surface area (Å²) in [6.07, 6.45) is 0. The van der Waals surface area contributed by atoms with Gasteiger partial charge in [0.1, 0.15) is 0 Å². The zero-order chi connectivity index (χ0) is 12.1. The van der Waals surface area contributed by atoms with Gasteiger partial charge in [-0.2, -0.15) is 0 Å². The highest BCUT2D eigenvalue weighted by molar-refractivity contribution is 8.00. The van der Waals surface area contributed by atoms with Crippen molar-refractivity contribution in [3.8, 4) is 0 Å². The summed E-state index contributed by atoms with van der Waals surface area (Å²) in [6.45, 7) is 3.81. The van der Waals surface area contributed by atoms with E-state index in [-0.39, 0.29) is 17.4 Å². The second-order valence-corrected chi connectivity index (χ2v) is 5.28. The maximum Gasteiger partial charge on any atom is 0.313 e. The van der Waals surface area contributed by atoms with Gasteiger partial charge in [0.2, 0.25) is 5.91 Å². The molecule has 1 aromatic rings. The molecule has 88 valence electrons. The minimum atomic E-state index is -0.918. The van der Waals surface area contributed by atoms with Gasteiger partial charge in [0.25, 0.3) is 0 Å². The van der Waals surface area contributed by atoms with Crippen LogP contribution < -0.4 is 5.32 Å². The van der Waals surface area contributed by atoms with Crippen LogP contribution in [-0.4, -0.2) is 33.5 Å². The Labute approximate surface area is 101 Å². The van der Waals surface area contributed by atoms with Crippen molar-refractivity contribution in [3.63, 3.8) is 0 Å². The fourth-order valence-corrected chi connectivity index (χ4v) is 2.28. The maximum atomic E-state index is 11.4. The van der Waals surface area contributed by atoms with E-state index >= 15 is 0 Å². The monoisotopic (exact) mass is 260 g/mol. The molecule has 0 fully saturated rings. The van der Waals surface area contributed by atoms with Crippen LogP contribution >= 0.6 is 23.1 Å². The van der Waals surface area contributed by atoms with Crippen molar-refractivity contribution < 1.29 is 14.7 Å². The normalized spacial score (nSPS) is 10.1. The number of nitrogens with one attached hydrogen (secondary N) is 1. The summed E-state index contributed by atoms with van der Waals surface area (Å²) in [5.41, 5.74) is 0.901. The molecule has 1 rings (SSSR count). The molecule has 0 atom stereocenters. The van der Waals surface area contributed by atoms with Crippen LogP contribution in [0.3, 0.4) is 0 Å². The third kappa shape index (κ3) is 4.19. The van der Waals surface area contributed by atoms with E-state index in [1.54, 1.807) is 0 Å². The lowest BCUT2D eigenvalue weighted by atomic mass is 10.4. The number of hydrogen-bond acceptors (Lipinski definition) is 5. The molecule has 1 amide bonds. The van der Waals surface area contributed by atoms with Crippen LogP contribution in [0.5, 0.6) is 0 Å². The topological polar surface area (TPSA) is 79.3 Å². The van der Waals surface area contributed by atoms with E-state index in [9.17, 15) is 9.59 Å². The van der Waals surface area contributed by atoms with Gasteiger partial charge in [0, 0.05) is 4.88 Å². The van der Waals surface area contributed by atoms with Crippen LogP contribution in [0, 0.1) is 13.8 Å². The van der Waals surface area contributed by atoms with Crippen LogP contribution in [0.4, 0.5) is 5.13 Å². The van der Waals surface area contributed by atoms with Crippen LogP contribution in [0.1, 0.15) is 10.6 Å². The summed E-state index contributed by atoms with van der Waals surface area (Å²) in [7, 11) is 0. The molecule has 0 saturated carbocycles. The zero-order valence-corrected chi connectivity index (χ0v) is 10.6. The Morgan fingerprint density at radius 1 is 1.44 bits per heavy atom. The minimum absolute atomic E-state index is 0.0661. The second kappa shape index (κ2) is 5.86. The first-order chi connectivity index (χ1) is 7.49. The molecule has 0 aromatic carbocycles. The smallest absolute Gasteiger partial charge is 0.313 e.